The lowest BCUT2D eigenvalue weighted by molar-refractivity contribution is -0.126. The van der Waals surface area contributed by atoms with Gasteiger partial charge in [-0.05, 0) is 47.5 Å². The van der Waals surface area contributed by atoms with Crippen molar-refractivity contribution in [1.82, 2.24) is 10.2 Å². The van der Waals surface area contributed by atoms with Gasteiger partial charge >= 0.3 is 0 Å². The Bertz CT molecular complexity index is 962. The predicted octanol–water partition coefficient (Wildman–Crippen LogP) is 4.11. The van der Waals surface area contributed by atoms with Gasteiger partial charge in [0.2, 0.25) is 5.91 Å². The lowest BCUT2D eigenvalue weighted by Crippen LogP contribution is -2.45. The van der Waals surface area contributed by atoms with Gasteiger partial charge in [0.25, 0.3) is 5.91 Å². The minimum absolute atomic E-state index is 0.0212. The van der Waals surface area contributed by atoms with Gasteiger partial charge in [0, 0.05) is 30.1 Å². The van der Waals surface area contributed by atoms with Gasteiger partial charge in [0.05, 0.1) is 5.92 Å². The molecule has 1 N–H and O–H groups in total. The lowest BCUT2D eigenvalue weighted by atomic mass is 9.95. The van der Waals surface area contributed by atoms with Gasteiger partial charge in [-0.1, -0.05) is 42.5 Å². The maximum Gasteiger partial charge on any atom is 0.254 e. The quantitative estimate of drug-likeness (QED) is 0.710. The number of carbonyl (C=O) groups is 2. The second-order valence-electron chi connectivity index (χ2n) is 7.24. The Morgan fingerprint density at radius 1 is 1.07 bits per heavy atom. The smallest absolute Gasteiger partial charge is 0.254 e. The van der Waals surface area contributed by atoms with E-state index < -0.39 is 0 Å². The summed E-state index contributed by atoms with van der Waals surface area (Å²) >= 11 is 1.71. The average molecular weight is 393 g/mol. The fourth-order valence-electron chi connectivity index (χ4n) is 3.87. The lowest BCUT2D eigenvalue weighted by Gasteiger charge is -2.32. The fourth-order valence-corrected chi connectivity index (χ4v) is 4.57. The van der Waals surface area contributed by atoms with Crippen LogP contribution in [-0.4, -0.2) is 36.3 Å². The SMILES string of the molecule is O=C(NCCc1cccs1)[C@@H]1CCCN(C(=O)c2cccc3ccccc23)C1. The third kappa shape index (κ3) is 4.09. The summed E-state index contributed by atoms with van der Waals surface area (Å²) in [6, 6.07) is 17.9. The molecule has 1 aromatic heterocycles. The molecule has 2 amide bonds. The molecule has 5 heteroatoms. The molecule has 2 heterocycles. The molecule has 1 aliphatic rings. The monoisotopic (exact) mass is 392 g/mol. The number of rotatable bonds is 5. The number of hydrogen-bond donors (Lipinski definition) is 1. The van der Waals surface area contributed by atoms with Crippen molar-refractivity contribution in [2.24, 2.45) is 5.92 Å². The highest BCUT2D eigenvalue weighted by Gasteiger charge is 2.29. The number of thiophene rings is 1. The molecular formula is C23H24N2O2S. The van der Waals surface area contributed by atoms with Crippen molar-refractivity contribution in [3.05, 3.63) is 70.4 Å². The first-order valence-corrected chi connectivity index (χ1v) is 10.7. The summed E-state index contributed by atoms with van der Waals surface area (Å²) in [5.74, 6) is -0.0455. The Hall–Kier alpha value is -2.66. The van der Waals surface area contributed by atoms with Crippen LogP contribution in [0.4, 0.5) is 0 Å². The molecule has 1 atom stereocenters. The van der Waals surface area contributed by atoms with Gasteiger partial charge in [0.15, 0.2) is 0 Å². The zero-order valence-electron chi connectivity index (χ0n) is 15.8. The van der Waals surface area contributed by atoms with E-state index in [1.807, 2.05) is 53.4 Å². The molecule has 0 saturated carbocycles. The molecular weight excluding hydrogens is 368 g/mol. The Balaban J connectivity index is 1.40. The number of nitrogens with one attached hydrogen (secondary N) is 1. The molecule has 1 fully saturated rings. The van der Waals surface area contributed by atoms with E-state index in [-0.39, 0.29) is 17.7 Å². The van der Waals surface area contributed by atoms with E-state index in [9.17, 15) is 9.59 Å². The third-order valence-electron chi connectivity index (χ3n) is 5.35. The third-order valence-corrected chi connectivity index (χ3v) is 6.29. The summed E-state index contributed by atoms with van der Waals surface area (Å²) in [6.07, 6.45) is 2.55. The summed E-state index contributed by atoms with van der Waals surface area (Å²) < 4.78 is 0. The number of piperidine rings is 1. The number of likely N-dealkylation sites (tertiary alicyclic amines) is 1. The first-order valence-electron chi connectivity index (χ1n) is 9.79. The van der Waals surface area contributed by atoms with E-state index in [1.165, 1.54) is 4.88 Å². The zero-order valence-corrected chi connectivity index (χ0v) is 16.6. The van der Waals surface area contributed by atoms with Crippen molar-refractivity contribution < 1.29 is 9.59 Å². The Kier molecular flexibility index (Phi) is 5.72. The second kappa shape index (κ2) is 8.57. The fraction of sp³-hybridized carbons (Fsp3) is 0.304. The molecule has 3 aromatic rings. The number of benzene rings is 2. The van der Waals surface area contributed by atoms with Crippen LogP contribution in [0.15, 0.2) is 60.0 Å². The average Bonchev–Trinajstić information content (AvgIpc) is 3.26. The Morgan fingerprint density at radius 3 is 2.79 bits per heavy atom. The van der Waals surface area contributed by atoms with Crippen molar-refractivity contribution >= 4 is 33.9 Å². The Morgan fingerprint density at radius 2 is 1.93 bits per heavy atom. The molecule has 4 nitrogen and oxygen atoms in total. The van der Waals surface area contributed by atoms with Crippen LogP contribution in [0.25, 0.3) is 10.8 Å². The van der Waals surface area contributed by atoms with Gasteiger partial charge < -0.3 is 10.2 Å². The molecule has 0 aliphatic carbocycles. The van der Waals surface area contributed by atoms with Gasteiger partial charge in [-0.15, -0.1) is 11.3 Å². The number of nitrogens with zero attached hydrogens (tertiary/aromatic N) is 1. The van der Waals surface area contributed by atoms with Crippen LogP contribution in [0.2, 0.25) is 0 Å². The molecule has 1 saturated heterocycles. The highest BCUT2D eigenvalue weighted by molar-refractivity contribution is 7.09. The first kappa shape index (κ1) is 18.7. The molecule has 0 radical (unpaired) electrons. The summed E-state index contributed by atoms with van der Waals surface area (Å²) in [5, 5.41) is 7.13. The summed E-state index contributed by atoms with van der Waals surface area (Å²) in [4.78, 5) is 28.9. The Labute approximate surface area is 169 Å². The topological polar surface area (TPSA) is 49.4 Å². The normalized spacial score (nSPS) is 16.9. The maximum absolute atomic E-state index is 13.1. The molecule has 2 aromatic carbocycles. The largest absolute Gasteiger partial charge is 0.355 e. The van der Waals surface area contributed by atoms with E-state index in [0.29, 0.717) is 19.6 Å². The number of carbonyl (C=O) groups excluding carboxylic acids is 2. The number of fused-ring (bicyclic) bond motifs is 1. The van der Waals surface area contributed by atoms with Crippen LogP contribution < -0.4 is 5.32 Å². The molecule has 0 unspecified atom stereocenters. The van der Waals surface area contributed by atoms with Crippen molar-refractivity contribution in [1.29, 1.82) is 0 Å². The molecule has 4 rings (SSSR count). The molecule has 144 valence electrons. The highest BCUT2D eigenvalue weighted by atomic mass is 32.1. The van der Waals surface area contributed by atoms with Gasteiger partial charge in [-0.3, -0.25) is 9.59 Å². The van der Waals surface area contributed by atoms with Crippen molar-refractivity contribution in [2.75, 3.05) is 19.6 Å². The maximum atomic E-state index is 13.1. The van der Waals surface area contributed by atoms with Crippen LogP contribution >= 0.6 is 11.3 Å². The van der Waals surface area contributed by atoms with E-state index in [0.717, 1.165) is 35.6 Å². The van der Waals surface area contributed by atoms with Crippen LogP contribution in [-0.2, 0) is 11.2 Å². The molecule has 28 heavy (non-hydrogen) atoms. The van der Waals surface area contributed by atoms with Crippen molar-refractivity contribution in [3.8, 4) is 0 Å². The molecule has 0 bridgehead atoms. The molecule has 1 aliphatic heterocycles. The minimum Gasteiger partial charge on any atom is -0.355 e. The first-order chi connectivity index (χ1) is 13.7. The van der Waals surface area contributed by atoms with E-state index >= 15 is 0 Å². The van der Waals surface area contributed by atoms with E-state index in [4.69, 9.17) is 0 Å². The summed E-state index contributed by atoms with van der Waals surface area (Å²) in [5.41, 5.74) is 0.719. The van der Waals surface area contributed by atoms with Gasteiger partial charge in [-0.25, -0.2) is 0 Å². The van der Waals surface area contributed by atoms with Crippen molar-refractivity contribution in [3.63, 3.8) is 0 Å². The van der Waals surface area contributed by atoms with Gasteiger partial charge in [-0.2, -0.15) is 0 Å². The van der Waals surface area contributed by atoms with Crippen molar-refractivity contribution in [2.45, 2.75) is 19.3 Å². The zero-order chi connectivity index (χ0) is 19.3. The minimum atomic E-state index is -0.129. The van der Waals surface area contributed by atoms with Crippen LogP contribution in [0, 0.1) is 5.92 Å². The van der Waals surface area contributed by atoms with Crippen LogP contribution in [0.3, 0.4) is 0 Å². The highest BCUT2D eigenvalue weighted by Crippen LogP contribution is 2.23. The summed E-state index contributed by atoms with van der Waals surface area (Å²) in [6.45, 7) is 1.85. The predicted molar refractivity (Wildman–Crippen MR) is 114 cm³/mol. The van der Waals surface area contributed by atoms with Crippen LogP contribution in [0.1, 0.15) is 28.1 Å². The van der Waals surface area contributed by atoms with Gasteiger partial charge in [0.1, 0.15) is 0 Å². The van der Waals surface area contributed by atoms with Crippen LogP contribution in [0.5, 0.6) is 0 Å². The van der Waals surface area contributed by atoms with E-state index in [2.05, 4.69) is 16.8 Å². The standard InChI is InChI=1S/C23H24N2O2S/c26-22(24-13-12-19-9-5-15-28-19)18-8-4-14-25(16-18)23(27)21-11-3-7-17-6-1-2-10-20(17)21/h1-3,5-7,9-11,15,18H,4,8,12-14,16H2,(H,24,26)/t18-/m1/s1. The van der Waals surface area contributed by atoms with E-state index in [1.54, 1.807) is 11.3 Å². The second-order valence-corrected chi connectivity index (χ2v) is 8.27. The molecule has 0 spiro atoms. The number of amides is 2. The summed E-state index contributed by atoms with van der Waals surface area (Å²) in [7, 11) is 0. The number of hydrogen-bond acceptors (Lipinski definition) is 3.